The molecule has 0 atom stereocenters. The van der Waals surface area contributed by atoms with E-state index in [0.717, 1.165) is 36.9 Å². The second-order valence-electron chi connectivity index (χ2n) is 5.75. The fourth-order valence-electron chi connectivity index (χ4n) is 2.64. The van der Waals surface area contributed by atoms with E-state index in [4.69, 9.17) is 5.11 Å². The maximum absolute atomic E-state index is 12.4. The van der Waals surface area contributed by atoms with Gasteiger partial charge in [0.25, 0.3) is 5.91 Å². The van der Waals surface area contributed by atoms with Crippen molar-refractivity contribution < 1.29 is 14.7 Å². The van der Waals surface area contributed by atoms with E-state index in [9.17, 15) is 9.59 Å². The van der Waals surface area contributed by atoms with Crippen molar-refractivity contribution in [2.24, 2.45) is 11.8 Å². The van der Waals surface area contributed by atoms with Crippen LogP contribution in [0.5, 0.6) is 0 Å². The molecule has 1 saturated heterocycles. The predicted octanol–water partition coefficient (Wildman–Crippen LogP) is 3.35. The quantitative estimate of drug-likeness (QED) is 0.868. The van der Waals surface area contributed by atoms with Gasteiger partial charge in [-0.1, -0.05) is 13.8 Å². The normalized spacial score (nSPS) is 16.8. The maximum Gasteiger partial charge on any atom is 0.328 e. The van der Waals surface area contributed by atoms with Crippen molar-refractivity contribution in [1.29, 1.82) is 0 Å². The van der Waals surface area contributed by atoms with E-state index in [0.29, 0.717) is 16.7 Å². The summed E-state index contributed by atoms with van der Waals surface area (Å²) >= 11 is 1.34. The van der Waals surface area contributed by atoms with Gasteiger partial charge in [-0.3, -0.25) is 4.79 Å². The lowest BCUT2D eigenvalue weighted by atomic mass is 9.87. The number of thiophene rings is 1. The Labute approximate surface area is 129 Å². The van der Waals surface area contributed by atoms with Gasteiger partial charge < -0.3 is 10.0 Å². The summed E-state index contributed by atoms with van der Waals surface area (Å²) < 4.78 is 0. The van der Waals surface area contributed by atoms with Gasteiger partial charge in [-0.15, -0.1) is 11.3 Å². The third kappa shape index (κ3) is 4.17. The molecule has 1 amide bonds. The summed E-state index contributed by atoms with van der Waals surface area (Å²) in [5, 5.41) is 8.61. The molecule has 5 heteroatoms. The smallest absolute Gasteiger partial charge is 0.328 e. The zero-order valence-corrected chi connectivity index (χ0v) is 13.2. The summed E-state index contributed by atoms with van der Waals surface area (Å²) in [6.07, 6.45) is 4.75. The highest BCUT2D eigenvalue weighted by Gasteiger charge is 2.25. The number of carbonyl (C=O) groups excluding carboxylic acids is 1. The van der Waals surface area contributed by atoms with Crippen molar-refractivity contribution in [3.63, 3.8) is 0 Å². The Kier molecular flexibility index (Phi) is 5.17. The number of rotatable bonds is 4. The van der Waals surface area contributed by atoms with Crippen LogP contribution >= 0.6 is 11.3 Å². The third-order valence-corrected chi connectivity index (χ3v) is 5.04. The summed E-state index contributed by atoms with van der Waals surface area (Å²) in [4.78, 5) is 26.3. The lowest BCUT2D eigenvalue weighted by Crippen LogP contribution is -2.39. The topological polar surface area (TPSA) is 57.6 Å². The van der Waals surface area contributed by atoms with Crippen LogP contribution < -0.4 is 0 Å². The molecule has 1 fully saturated rings. The summed E-state index contributed by atoms with van der Waals surface area (Å²) in [6, 6.07) is 3.57. The minimum absolute atomic E-state index is 0.0668. The Morgan fingerprint density at radius 2 is 2.00 bits per heavy atom. The molecule has 0 aliphatic carbocycles. The van der Waals surface area contributed by atoms with Gasteiger partial charge in [0.2, 0.25) is 0 Å². The Morgan fingerprint density at radius 1 is 1.33 bits per heavy atom. The van der Waals surface area contributed by atoms with Gasteiger partial charge in [0, 0.05) is 24.0 Å². The second kappa shape index (κ2) is 6.89. The van der Waals surface area contributed by atoms with Crippen LogP contribution in [0.2, 0.25) is 0 Å². The second-order valence-corrected chi connectivity index (χ2v) is 6.86. The van der Waals surface area contributed by atoms with E-state index in [2.05, 4.69) is 13.8 Å². The average molecular weight is 307 g/mol. The highest BCUT2D eigenvalue weighted by Crippen LogP contribution is 2.27. The molecule has 1 N–H and O–H groups in total. The van der Waals surface area contributed by atoms with Crippen LogP contribution in [-0.4, -0.2) is 35.0 Å². The first-order chi connectivity index (χ1) is 9.97. The SMILES string of the molecule is CC(C)C1CCN(C(=O)c2ccc(/C=C/C(=O)O)s2)CC1. The number of aliphatic carboxylic acids is 1. The monoisotopic (exact) mass is 307 g/mol. The molecule has 114 valence electrons. The summed E-state index contributed by atoms with van der Waals surface area (Å²) in [7, 11) is 0. The van der Waals surface area contributed by atoms with Crippen LogP contribution in [0.1, 0.15) is 41.2 Å². The number of carbonyl (C=O) groups is 2. The number of carboxylic acids is 1. The van der Waals surface area contributed by atoms with Crippen molar-refractivity contribution in [2.75, 3.05) is 13.1 Å². The lowest BCUT2D eigenvalue weighted by Gasteiger charge is -2.33. The summed E-state index contributed by atoms with van der Waals surface area (Å²) in [5.74, 6) is 0.479. The molecule has 1 aliphatic heterocycles. The van der Waals surface area contributed by atoms with E-state index in [1.807, 2.05) is 4.90 Å². The minimum atomic E-state index is -0.980. The average Bonchev–Trinajstić information content (AvgIpc) is 2.93. The summed E-state index contributed by atoms with van der Waals surface area (Å²) in [6.45, 7) is 6.12. The molecule has 0 spiro atoms. The first kappa shape index (κ1) is 15.8. The minimum Gasteiger partial charge on any atom is -0.478 e. The molecule has 1 aromatic heterocycles. The third-order valence-electron chi connectivity index (χ3n) is 4.00. The van der Waals surface area contributed by atoms with Crippen LogP contribution in [0.3, 0.4) is 0 Å². The summed E-state index contributed by atoms with van der Waals surface area (Å²) in [5.41, 5.74) is 0. The molecule has 2 heterocycles. The molecule has 1 aromatic rings. The number of amides is 1. The molecule has 4 nitrogen and oxygen atoms in total. The fraction of sp³-hybridized carbons (Fsp3) is 0.500. The lowest BCUT2D eigenvalue weighted by molar-refractivity contribution is -0.131. The Bertz CT molecular complexity index is 539. The fourth-order valence-corrected chi connectivity index (χ4v) is 3.51. The number of likely N-dealkylation sites (tertiary alicyclic amines) is 1. The van der Waals surface area contributed by atoms with Crippen LogP contribution in [0, 0.1) is 11.8 Å². The Hall–Kier alpha value is -1.62. The molecular weight excluding hydrogens is 286 g/mol. The van der Waals surface area contributed by atoms with E-state index < -0.39 is 5.97 Å². The van der Waals surface area contributed by atoms with Gasteiger partial charge >= 0.3 is 5.97 Å². The van der Waals surface area contributed by atoms with Crippen LogP contribution in [0.4, 0.5) is 0 Å². The largest absolute Gasteiger partial charge is 0.478 e. The van der Waals surface area contributed by atoms with Gasteiger partial charge in [0.15, 0.2) is 0 Å². The number of piperidine rings is 1. The highest BCUT2D eigenvalue weighted by molar-refractivity contribution is 7.14. The molecule has 0 unspecified atom stereocenters. The first-order valence-corrected chi connectivity index (χ1v) is 8.09. The van der Waals surface area contributed by atoms with Crippen LogP contribution in [0.15, 0.2) is 18.2 Å². The first-order valence-electron chi connectivity index (χ1n) is 7.27. The van der Waals surface area contributed by atoms with Crippen molar-refractivity contribution >= 4 is 29.3 Å². The highest BCUT2D eigenvalue weighted by atomic mass is 32.1. The maximum atomic E-state index is 12.4. The molecule has 0 radical (unpaired) electrons. The number of hydrogen-bond acceptors (Lipinski definition) is 3. The molecule has 21 heavy (non-hydrogen) atoms. The number of carboxylic acid groups (broad SMARTS) is 1. The van der Waals surface area contributed by atoms with Gasteiger partial charge in [0.1, 0.15) is 0 Å². The molecule has 0 saturated carbocycles. The van der Waals surface area contributed by atoms with Crippen LogP contribution in [-0.2, 0) is 4.79 Å². The van der Waals surface area contributed by atoms with Gasteiger partial charge in [-0.2, -0.15) is 0 Å². The standard InChI is InChI=1S/C16H21NO3S/c1-11(2)12-7-9-17(10-8-12)16(20)14-5-3-13(21-14)4-6-15(18)19/h3-6,11-12H,7-10H2,1-2H3,(H,18,19)/b6-4+. The molecule has 2 rings (SSSR count). The number of nitrogens with zero attached hydrogens (tertiary/aromatic N) is 1. The molecule has 0 aromatic carbocycles. The van der Waals surface area contributed by atoms with Crippen molar-refractivity contribution in [3.05, 3.63) is 28.0 Å². The van der Waals surface area contributed by atoms with Crippen molar-refractivity contribution in [1.82, 2.24) is 4.90 Å². The van der Waals surface area contributed by atoms with E-state index in [-0.39, 0.29) is 5.91 Å². The van der Waals surface area contributed by atoms with Crippen molar-refractivity contribution in [2.45, 2.75) is 26.7 Å². The van der Waals surface area contributed by atoms with Gasteiger partial charge in [-0.25, -0.2) is 4.79 Å². The van der Waals surface area contributed by atoms with Crippen LogP contribution in [0.25, 0.3) is 6.08 Å². The zero-order valence-electron chi connectivity index (χ0n) is 12.4. The zero-order chi connectivity index (χ0) is 15.4. The molecule has 0 bridgehead atoms. The Balaban J connectivity index is 1.96. The van der Waals surface area contributed by atoms with E-state index in [1.165, 1.54) is 17.4 Å². The van der Waals surface area contributed by atoms with Crippen molar-refractivity contribution in [3.8, 4) is 0 Å². The van der Waals surface area contributed by atoms with Gasteiger partial charge in [-0.05, 0) is 42.9 Å². The van der Waals surface area contributed by atoms with Gasteiger partial charge in [0.05, 0.1) is 4.88 Å². The van der Waals surface area contributed by atoms with E-state index >= 15 is 0 Å². The Morgan fingerprint density at radius 3 is 2.57 bits per heavy atom. The number of hydrogen-bond donors (Lipinski definition) is 1. The molecular formula is C16H21NO3S. The van der Waals surface area contributed by atoms with E-state index in [1.54, 1.807) is 12.1 Å². The predicted molar refractivity (Wildman–Crippen MR) is 84.5 cm³/mol. The molecule has 1 aliphatic rings.